The third-order valence-electron chi connectivity index (χ3n) is 6.67. The predicted molar refractivity (Wildman–Crippen MR) is 140 cm³/mol. The van der Waals surface area contributed by atoms with E-state index in [0.29, 0.717) is 17.3 Å². The zero-order chi connectivity index (χ0) is 26.3. The summed E-state index contributed by atoms with van der Waals surface area (Å²) in [6.07, 6.45) is 1.47. The van der Waals surface area contributed by atoms with Crippen LogP contribution in [0.25, 0.3) is 16.7 Å². The van der Waals surface area contributed by atoms with Gasteiger partial charge < -0.3 is 15.0 Å². The number of nitrogens with one attached hydrogen (secondary N) is 1. The normalized spacial score (nSPS) is 15.2. The number of carbonyl (C=O) groups is 2. The highest BCUT2D eigenvalue weighted by atomic mass is 16.5. The highest BCUT2D eigenvalue weighted by Crippen LogP contribution is 2.30. The van der Waals surface area contributed by atoms with Crippen LogP contribution in [0.15, 0.2) is 48.7 Å². The van der Waals surface area contributed by atoms with Gasteiger partial charge in [0.1, 0.15) is 17.4 Å². The number of hydrogen-bond donors (Lipinski definition) is 1. The first-order valence-corrected chi connectivity index (χ1v) is 11.9. The number of carbonyl (C=O) groups excluding carboxylic acids is 2. The van der Waals surface area contributed by atoms with Gasteiger partial charge in [-0.3, -0.25) is 9.59 Å². The van der Waals surface area contributed by atoms with E-state index in [-0.39, 0.29) is 36.2 Å². The number of aryl methyl sites for hydroxylation is 3. The number of pyridine rings is 1. The molecule has 1 saturated heterocycles. The Morgan fingerprint density at radius 3 is 2.59 bits per heavy atom. The quantitative estimate of drug-likeness (QED) is 0.445. The number of benzene rings is 2. The Labute approximate surface area is 214 Å². The van der Waals surface area contributed by atoms with Crippen LogP contribution in [-0.4, -0.2) is 40.2 Å². The van der Waals surface area contributed by atoms with Crippen LogP contribution in [0, 0.1) is 38.0 Å². The van der Waals surface area contributed by atoms with E-state index in [2.05, 4.69) is 28.6 Å². The molecular formula is C28H26N6O3. The van der Waals surface area contributed by atoms with Crippen molar-refractivity contribution in [2.45, 2.75) is 27.2 Å². The highest BCUT2D eigenvalue weighted by molar-refractivity contribution is 6.03. The van der Waals surface area contributed by atoms with Crippen LogP contribution in [0.3, 0.4) is 0 Å². The van der Waals surface area contributed by atoms with Crippen LogP contribution in [0.5, 0.6) is 5.75 Å². The number of amides is 2. The van der Waals surface area contributed by atoms with Gasteiger partial charge in [0.05, 0.1) is 24.7 Å². The number of ether oxygens (including phenoxy) is 1. The van der Waals surface area contributed by atoms with Crippen molar-refractivity contribution in [2.75, 3.05) is 23.9 Å². The molecule has 5 rings (SSSR count). The Kier molecular flexibility index (Phi) is 6.09. The molecule has 37 heavy (non-hydrogen) atoms. The third kappa shape index (κ3) is 4.38. The number of hydrogen-bond acceptors (Lipinski definition) is 6. The lowest BCUT2D eigenvalue weighted by Gasteiger charge is -2.17. The largest absolute Gasteiger partial charge is 0.497 e. The van der Waals surface area contributed by atoms with Crippen LogP contribution in [-0.2, 0) is 9.59 Å². The molecule has 2 aromatic heterocycles. The molecule has 1 atom stereocenters. The summed E-state index contributed by atoms with van der Waals surface area (Å²) < 4.78 is 6.65. The first-order valence-electron chi connectivity index (χ1n) is 11.9. The van der Waals surface area contributed by atoms with Crippen molar-refractivity contribution in [3.05, 3.63) is 70.9 Å². The molecule has 186 valence electrons. The molecule has 1 aliphatic heterocycles. The van der Waals surface area contributed by atoms with Gasteiger partial charge in [0, 0.05) is 24.0 Å². The summed E-state index contributed by atoms with van der Waals surface area (Å²) in [6, 6.07) is 15.3. The molecule has 0 radical (unpaired) electrons. The maximum absolute atomic E-state index is 13.3. The Balaban J connectivity index is 1.43. The van der Waals surface area contributed by atoms with E-state index in [4.69, 9.17) is 9.72 Å². The molecule has 0 aliphatic carbocycles. The van der Waals surface area contributed by atoms with Gasteiger partial charge in [0.2, 0.25) is 11.8 Å². The zero-order valence-electron chi connectivity index (χ0n) is 21.1. The lowest BCUT2D eigenvalue weighted by Crippen LogP contribution is -2.28. The first-order chi connectivity index (χ1) is 17.8. The fourth-order valence-corrected chi connectivity index (χ4v) is 4.77. The Hall–Kier alpha value is -4.71. The van der Waals surface area contributed by atoms with Crippen LogP contribution in [0.1, 0.15) is 28.7 Å². The molecule has 1 unspecified atom stereocenters. The second-order valence-corrected chi connectivity index (χ2v) is 9.30. The molecule has 1 aliphatic rings. The Morgan fingerprint density at radius 1 is 1.14 bits per heavy atom. The summed E-state index contributed by atoms with van der Waals surface area (Å²) in [4.78, 5) is 32.4. The van der Waals surface area contributed by atoms with E-state index in [9.17, 15) is 14.9 Å². The molecule has 1 fully saturated rings. The van der Waals surface area contributed by atoms with Crippen LogP contribution in [0.2, 0.25) is 0 Å². The number of nitrogens with zero attached hydrogens (tertiary/aromatic N) is 5. The third-order valence-corrected chi connectivity index (χ3v) is 6.67. The molecule has 2 amide bonds. The predicted octanol–water partition coefficient (Wildman–Crippen LogP) is 4.22. The van der Waals surface area contributed by atoms with E-state index >= 15 is 0 Å². The average Bonchev–Trinajstić information content (AvgIpc) is 3.47. The minimum atomic E-state index is -0.582. The van der Waals surface area contributed by atoms with Crippen molar-refractivity contribution in [1.29, 1.82) is 5.26 Å². The van der Waals surface area contributed by atoms with Crippen LogP contribution >= 0.6 is 0 Å². The minimum absolute atomic E-state index is 0.0692. The van der Waals surface area contributed by atoms with Crippen molar-refractivity contribution in [3.63, 3.8) is 0 Å². The zero-order valence-corrected chi connectivity index (χ0v) is 21.1. The lowest BCUT2D eigenvalue weighted by atomic mass is 10.0. The number of methoxy groups -OCH3 is 1. The Morgan fingerprint density at radius 2 is 1.89 bits per heavy atom. The average molecular weight is 495 g/mol. The van der Waals surface area contributed by atoms with E-state index in [1.165, 1.54) is 10.9 Å². The summed E-state index contributed by atoms with van der Waals surface area (Å²) in [6.45, 7) is 6.28. The summed E-state index contributed by atoms with van der Waals surface area (Å²) in [5.41, 5.74) is 4.94. The molecule has 9 heteroatoms. The van der Waals surface area contributed by atoms with Gasteiger partial charge >= 0.3 is 0 Å². The van der Waals surface area contributed by atoms with Crippen molar-refractivity contribution < 1.29 is 14.3 Å². The van der Waals surface area contributed by atoms with Crippen molar-refractivity contribution >= 4 is 34.2 Å². The van der Waals surface area contributed by atoms with Crippen molar-refractivity contribution in [3.8, 4) is 17.6 Å². The van der Waals surface area contributed by atoms with Gasteiger partial charge in [-0.1, -0.05) is 11.6 Å². The topological polar surface area (TPSA) is 113 Å². The number of rotatable bonds is 5. The fourth-order valence-electron chi connectivity index (χ4n) is 4.77. The Bertz CT molecular complexity index is 1580. The monoisotopic (exact) mass is 494 g/mol. The molecule has 1 N–H and O–H groups in total. The van der Waals surface area contributed by atoms with E-state index in [0.717, 1.165) is 27.6 Å². The molecule has 4 aromatic rings. The minimum Gasteiger partial charge on any atom is -0.497 e. The van der Waals surface area contributed by atoms with Gasteiger partial charge in [0.15, 0.2) is 11.6 Å². The second-order valence-electron chi connectivity index (χ2n) is 9.30. The second kappa shape index (κ2) is 9.39. The smallest absolute Gasteiger partial charge is 0.231 e. The number of fused-ring (bicyclic) bond motifs is 1. The molecule has 0 bridgehead atoms. The van der Waals surface area contributed by atoms with Crippen LogP contribution in [0.4, 0.5) is 11.5 Å². The van der Waals surface area contributed by atoms with Gasteiger partial charge in [-0.15, -0.1) is 0 Å². The van der Waals surface area contributed by atoms with Crippen LogP contribution < -0.4 is 15.0 Å². The molecule has 2 aromatic carbocycles. The standard InChI is InChI=1S/C28H26N6O3/c1-16-9-18(3)26-23(10-16)17(2)11-24(31-26)34-27(20(13-29)14-30-34)32-28(36)19-12-25(35)33(15-19)21-5-7-22(37-4)8-6-21/h5-11,14,19H,12,15H2,1-4H3,(H,32,36). The molecule has 0 saturated carbocycles. The van der Waals surface area contributed by atoms with Crippen molar-refractivity contribution in [1.82, 2.24) is 14.8 Å². The SMILES string of the molecule is COc1ccc(N2CC(C(=O)Nc3c(C#N)cnn3-c3cc(C)c4cc(C)cc(C)c4n3)CC2=O)cc1. The molecule has 9 nitrogen and oxygen atoms in total. The summed E-state index contributed by atoms with van der Waals surface area (Å²) in [7, 11) is 1.58. The molecule has 0 spiro atoms. The van der Waals surface area contributed by atoms with Gasteiger partial charge in [-0.25, -0.2) is 4.98 Å². The lowest BCUT2D eigenvalue weighted by molar-refractivity contribution is -0.122. The highest BCUT2D eigenvalue weighted by Gasteiger charge is 2.36. The first kappa shape index (κ1) is 24.0. The van der Waals surface area contributed by atoms with Crippen molar-refractivity contribution in [2.24, 2.45) is 5.92 Å². The fraction of sp³-hybridized carbons (Fsp3) is 0.250. The van der Waals surface area contributed by atoms with Gasteiger partial charge in [0.25, 0.3) is 0 Å². The van der Waals surface area contributed by atoms with Gasteiger partial charge in [-0.05, 0) is 68.3 Å². The molecule has 3 heterocycles. The summed E-state index contributed by atoms with van der Waals surface area (Å²) >= 11 is 0. The van der Waals surface area contributed by atoms with E-state index in [1.807, 2.05) is 26.8 Å². The molecular weight excluding hydrogens is 468 g/mol. The number of anilines is 2. The maximum Gasteiger partial charge on any atom is 0.231 e. The number of nitriles is 1. The van der Waals surface area contributed by atoms with E-state index < -0.39 is 5.92 Å². The summed E-state index contributed by atoms with van der Waals surface area (Å²) in [5.74, 6) is 0.338. The maximum atomic E-state index is 13.3. The van der Waals surface area contributed by atoms with Gasteiger partial charge in [-0.2, -0.15) is 15.0 Å². The number of aromatic nitrogens is 3. The summed E-state index contributed by atoms with van der Waals surface area (Å²) in [5, 5.41) is 17.9. The van der Waals surface area contributed by atoms with E-state index in [1.54, 1.807) is 36.3 Å².